The first-order valence-corrected chi connectivity index (χ1v) is 12.9. The summed E-state index contributed by atoms with van der Waals surface area (Å²) in [6.45, 7) is 1.63. The molecule has 4 N–H and O–H groups in total. The topological polar surface area (TPSA) is 115 Å². The molecule has 0 radical (unpaired) electrons. The molecule has 0 saturated carbocycles. The van der Waals surface area contributed by atoms with Gasteiger partial charge in [0, 0.05) is 47.3 Å². The summed E-state index contributed by atoms with van der Waals surface area (Å²) in [5.41, 5.74) is 5.25. The van der Waals surface area contributed by atoms with E-state index in [0.717, 1.165) is 48.2 Å². The molecule has 0 spiro atoms. The molecule has 9 nitrogen and oxygen atoms in total. The van der Waals surface area contributed by atoms with E-state index in [1.165, 1.54) is 0 Å². The molecule has 1 fully saturated rings. The van der Waals surface area contributed by atoms with Crippen LogP contribution in [0.25, 0.3) is 16.6 Å². The van der Waals surface area contributed by atoms with Crippen LogP contribution in [0.4, 0.5) is 17.1 Å². The van der Waals surface area contributed by atoms with Crippen LogP contribution in [-0.4, -0.2) is 50.9 Å². The van der Waals surface area contributed by atoms with Crippen LogP contribution in [0.2, 0.25) is 0 Å². The van der Waals surface area contributed by atoms with E-state index in [2.05, 4.69) is 25.6 Å². The van der Waals surface area contributed by atoms with E-state index in [4.69, 9.17) is 0 Å². The maximum atomic E-state index is 12.9. The van der Waals surface area contributed by atoms with Gasteiger partial charge in [0.1, 0.15) is 5.69 Å². The number of fused-ring (bicyclic) bond motifs is 1. The number of piperidine rings is 1. The van der Waals surface area contributed by atoms with E-state index in [1.807, 2.05) is 71.4 Å². The number of anilines is 3. The van der Waals surface area contributed by atoms with E-state index in [1.54, 1.807) is 24.5 Å². The van der Waals surface area contributed by atoms with Gasteiger partial charge in [-0.05, 0) is 91.7 Å². The highest BCUT2D eigenvalue weighted by atomic mass is 16.3. The van der Waals surface area contributed by atoms with Crippen LogP contribution in [0.3, 0.4) is 0 Å². The molecular formula is C30H28N6O3. The Morgan fingerprint density at radius 2 is 1.54 bits per heavy atom. The number of amides is 2. The van der Waals surface area contributed by atoms with Crippen LogP contribution in [0.15, 0.2) is 91.3 Å². The number of aromatic amines is 1. The smallest absolute Gasteiger partial charge is 0.272 e. The monoisotopic (exact) mass is 520 g/mol. The van der Waals surface area contributed by atoms with Crippen molar-refractivity contribution in [3.63, 3.8) is 0 Å². The van der Waals surface area contributed by atoms with Gasteiger partial charge >= 0.3 is 0 Å². The van der Waals surface area contributed by atoms with Crippen molar-refractivity contribution in [2.24, 2.45) is 0 Å². The molecule has 3 heterocycles. The van der Waals surface area contributed by atoms with E-state index in [0.29, 0.717) is 22.6 Å². The predicted octanol–water partition coefficient (Wildman–Crippen LogP) is 4.82. The second-order valence-corrected chi connectivity index (χ2v) is 9.63. The number of hydrogen-bond acceptors (Lipinski definition) is 5. The molecule has 0 bridgehead atoms. The lowest BCUT2D eigenvalue weighted by atomic mass is 10.1. The second-order valence-electron chi connectivity index (χ2n) is 9.63. The molecule has 0 unspecified atom stereocenters. The average molecular weight is 521 g/mol. The lowest BCUT2D eigenvalue weighted by Crippen LogP contribution is -2.35. The number of aromatic nitrogens is 3. The normalized spacial score (nSPS) is 13.9. The highest BCUT2D eigenvalue weighted by molar-refractivity contribution is 6.05. The van der Waals surface area contributed by atoms with Crippen LogP contribution in [0.5, 0.6) is 0 Å². The minimum atomic E-state index is -0.217. The Morgan fingerprint density at radius 1 is 0.846 bits per heavy atom. The Hall–Kier alpha value is -4.89. The van der Waals surface area contributed by atoms with Gasteiger partial charge in [0.15, 0.2) is 0 Å². The molecule has 1 aliphatic heterocycles. The number of aliphatic hydroxyl groups excluding tert-OH is 1. The largest absolute Gasteiger partial charge is 0.393 e. The highest BCUT2D eigenvalue weighted by Gasteiger charge is 2.18. The fourth-order valence-electron chi connectivity index (χ4n) is 4.82. The summed E-state index contributed by atoms with van der Waals surface area (Å²) in [7, 11) is 0. The Balaban J connectivity index is 1.12. The number of carbonyl (C=O) groups is 2. The van der Waals surface area contributed by atoms with Crippen molar-refractivity contribution in [2.45, 2.75) is 18.9 Å². The number of aliphatic hydroxyl groups is 1. The number of hydrogen-bond donors (Lipinski definition) is 4. The van der Waals surface area contributed by atoms with E-state index in [-0.39, 0.29) is 17.9 Å². The molecule has 1 saturated heterocycles. The van der Waals surface area contributed by atoms with Crippen molar-refractivity contribution in [3.05, 3.63) is 103 Å². The summed E-state index contributed by atoms with van der Waals surface area (Å²) >= 11 is 0. The Kier molecular flexibility index (Phi) is 6.56. The van der Waals surface area contributed by atoms with Crippen LogP contribution < -0.4 is 15.5 Å². The number of carbonyl (C=O) groups excluding carboxylic acids is 2. The molecule has 2 aromatic heterocycles. The minimum absolute atomic E-state index is 0.181. The quantitative estimate of drug-likeness (QED) is 0.256. The zero-order chi connectivity index (χ0) is 26.8. The predicted molar refractivity (Wildman–Crippen MR) is 152 cm³/mol. The number of rotatable bonds is 6. The van der Waals surface area contributed by atoms with Gasteiger partial charge in [-0.15, -0.1) is 0 Å². The minimum Gasteiger partial charge on any atom is -0.393 e. The first-order chi connectivity index (χ1) is 19.0. The number of H-pyrrole nitrogens is 1. The fraction of sp³-hybridized carbons (Fsp3) is 0.167. The molecule has 0 atom stereocenters. The van der Waals surface area contributed by atoms with E-state index < -0.39 is 0 Å². The summed E-state index contributed by atoms with van der Waals surface area (Å²) in [5, 5.41) is 21.0. The van der Waals surface area contributed by atoms with Gasteiger partial charge in [0.25, 0.3) is 11.8 Å². The van der Waals surface area contributed by atoms with Gasteiger partial charge in [-0.1, -0.05) is 0 Å². The first kappa shape index (κ1) is 24.4. The summed E-state index contributed by atoms with van der Waals surface area (Å²) in [5.74, 6) is -0.384. The molecule has 5 aromatic rings. The van der Waals surface area contributed by atoms with Crippen molar-refractivity contribution in [1.82, 2.24) is 14.8 Å². The Morgan fingerprint density at radius 3 is 2.26 bits per heavy atom. The van der Waals surface area contributed by atoms with Crippen LogP contribution in [0.1, 0.15) is 33.7 Å². The van der Waals surface area contributed by atoms with Crippen LogP contribution in [0, 0.1) is 0 Å². The third kappa shape index (κ3) is 5.25. The summed E-state index contributed by atoms with van der Waals surface area (Å²) in [6, 6.07) is 24.2. The summed E-state index contributed by atoms with van der Waals surface area (Å²) < 4.78 is 1.82. The van der Waals surface area contributed by atoms with Crippen LogP contribution in [-0.2, 0) is 0 Å². The maximum Gasteiger partial charge on any atom is 0.272 e. The van der Waals surface area contributed by atoms with E-state index >= 15 is 0 Å². The molecule has 9 heteroatoms. The first-order valence-electron chi connectivity index (χ1n) is 12.9. The van der Waals surface area contributed by atoms with Crippen molar-refractivity contribution < 1.29 is 14.7 Å². The van der Waals surface area contributed by atoms with Crippen molar-refractivity contribution in [3.8, 4) is 5.69 Å². The standard InChI is InChI=1S/C30H28N6O3/c37-26-13-16-35(17-14-26)24-8-3-20(4-9-24)29(38)34-23-7-12-28-21(18-23)19-32-36(28)25-10-5-22(6-11-25)33-30(39)27-2-1-15-31-27/h1-12,15,18-19,26,31,37H,13-14,16-17H2,(H,33,39)(H,34,38). The number of benzene rings is 3. The van der Waals surface area contributed by atoms with Crippen molar-refractivity contribution >= 4 is 39.8 Å². The molecule has 6 rings (SSSR count). The lowest BCUT2D eigenvalue weighted by molar-refractivity contribution is 0.101. The molecule has 2 amide bonds. The van der Waals surface area contributed by atoms with Gasteiger partial charge in [-0.2, -0.15) is 5.10 Å². The molecular weight excluding hydrogens is 492 g/mol. The fourth-order valence-corrected chi connectivity index (χ4v) is 4.82. The maximum absolute atomic E-state index is 12.9. The third-order valence-corrected chi connectivity index (χ3v) is 7.00. The summed E-state index contributed by atoms with van der Waals surface area (Å²) in [6.07, 6.45) is 4.78. The van der Waals surface area contributed by atoms with Crippen LogP contribution >= 0.6 is 0 Å². The number of nitrogens with one attached hydrogen (secondary N) is 3. The van der Waals surface area contributed by atoms with Gasteiger partial charge in [-0.25, -0.2) is 4.68 Å². The molecule has 3 aromatic carbocycles. The van der Waals surface area contributed by atoms with Crippen molar-refractivity contribution in [2.75, 3.05) is 28.6 Å². The average Bonchev–Trinajstić information content (AvgIpc) is 3.65. The third-order valence-electron chi connectivity index (χ3n) is 7.00. The number of nitrogens with zero attached hydrogens (tertiary/aromatic N) is 3. The van der Waals surface area contributed by atoms with Gasteiger partial charge in [0.2, 0.25) is 0 Å². The lowest BCUT2D eigenvalue weighted by Gasteiger charge is -2.31. The molecule has 1 aliphatic rings. The Labute approximate surface area is 225 Å². The molecule has 0 aliphatic carbocycles. The zero-order valence-corrected chi connectivity index (χ0v) is 21.2. The SMILES string of the molecule is O=C(Nc1ccc2c(cnn2-c2ccc(NC(=O)c3ccc[nH]3)cc2)c1)c1ccc(N2CCC(O)CC2)cc1. The van der Waals surface area contributed by atoms with Gasteiger partial charge < -0.3 is 25.6 Å². The zero-order valence-electron chi connectivity index (χ0n) is 21.2. The second kappa shape index (κ2) is 10.5. The molecule has 196 valence electrons. The van der Waals surface area contributed by atoms with Crippen molar-refractivity contribution in [1.29, 1.82) is 0 Å². The Bertz CT molecular complexity index is 1600. The van der Waals surface area contributed by atoms with Gasteiger partial charge in [-0.3, -0.25) is 9.59 Å². The molecule has 39 heavy (non-hydrogen) atoms. The van der Waals surface area contributed by atoms with E-state index in [9.17, 15) is 14.7 Å². The van der Waals surface area contributed by atoms with Gasteiger partial charge in [0.05, 0.1) is 23.5 Å². The summed E-state index contributed by atoms with van der Waals surface area (Å²) in [4.78, 5) is 30.3. The highest BCUT2D eigenvalue weighted by Crippen LogP contribution is 2.24.